The second-order valence-electron chi connectivity index (χ2n) is 2.82. The van der Waals surface area contributed by atoms with Crippen LogP contribution in [0.4, 0.5) is 0 Å². The number of hydrogen-bond acceptors (Lipinski definition) is 3. The molecule has 1 aromatic rings. The van der Waals surface area contributed by atoms with Gasteiger partial charge in [-0.15, -0.1) is 0 Å². The largest absolute Gasteiger partial charge is 0.288 e. The molecule has 0 bridgehead atoms. The van der Waals surface area contributed by atoms with Gasteiger partial charge >= 0.3 is 0 Å². The number of hydrogen-bond donors (Lipinski definition) is 1. The van der Waals surface area contributed by atoms with Gasteiger partial charge < -0.3 is 0 Å². The van der Waals surface area contributed by atoms with Crippen LogP contribution in [0.3, 0.4) is 0 Å². The highest BCUT2D eigenvalue weighted by Gasteiger charge is 2.27. The van der Waals surface area contributed by atoms with E-state index in [1.54, 1.807) is 0 Å². The van der Waals surface area contributed by atoms with Gasteiger partial charge in [-0.1, -0.05) is 0 Å². The van der Waals surface area contributed by atoms with Crippen molar-refractivity contribution in [3.05, 3.63) is 34.9 Å². The van der Waals surface area contributed by atoms with Gasteiger partial charge in [0.25, 0.3) is 17.1 Å². The molecule has 0 fully saturated rings. The smallest absolute Gasteiger partial charge is 0.258 e. The summed E-state index contributed by atoms with van der Waals surface area (Å²) in [6.07, 6.45) is 0. The number of fused-ring (bicyclic) bond motifs is 1. The minimum absolute atomic E-state index is 0.196. The highest BCUT2D eigenvalue weighted by Crippen LogP contribution is 2.18. The first-order valence-corrected chi connectivity index (χ1v) is 4.17. The molecule has 0 unspecified atom stereocenters. The summed E-state index contributed by atoms with van der Waals surface area (Å²) in [5, 5.41) is 1.46. The summed E-state index contributed by atoms with van der Waals surface area (Å²) in [4.78, 5) is 33.1. The van der Waals surface area contributed by atoms with Gasteiger partial charge in [-0.05, 0) is 29.8 Å². The molecule has 0 aromatic heterocycles. The second kappa shape index (κ2) is 2.92. The average Bonchev–Trinajstić information content (AvgIpc) is 2.42. The van der Waals surface area contributed by atoms with Gasteiger partial charge in [-0.2, -0.15) is 0 Å². The van der Waals surface area contributed by atoms with Crippen LogP contribution in [0.15, 0.2) is 18.2 Å². The van der Waals surface area contributed by atoms with Crippen LogP contribution >= 0.6 is 11.6 Å². The molecule has 1 aliphatic heterocycles. The molecular formula is C9H4ClNO3. The summed E-state index contributed by atoms with van der Waals surface area (Å²) >= 11 is 5.23. The number of amides is 2. The Morgan fingerprint density at radius 2 is 1.79 bits per heavy atom. The summed E-state index contributed by atoms with van der Waals surface area (Å²) in [5.74, 6) is -0.941. The number of halogens is 1. The van der Waals surface area contributed by atoms with Gasteiger partial charge in [0, 0.05) is 5.56 Å². The third-order valence-corrected chi connectivity index (χ3v) is 2.18. The first kappa shape index (κ1) is 8.90. The van der Waals surface area contributed by atoms with E-state index >= 15 is 0 Å². The number of benzene rings is 1. The lowest BCUT2D eigenvalue weighted by atomic mass is 10.1. The molecule has 1 N–H and O–H groups in total. The molecule has 2 amide bonds. The average molecular weight is 210 g/mol. The minimum atomic E-state index is -0.653. The number of nitrogens with one attached hydrogen (secondary N) is 1. The normalized spacial score (nSPS) is 13.8. The zero-order valence-corrected chi connectivity index (χ0v) is 7.59. The van der Waals surface area contributed by atoms with Gasteiger partial charge in [-0.25, -0.2) is 0 Å². The molecule has 0 atom stereocenters. The summed E-state index contributed by atoms with van der Waals surface area (Å²) < 4.78 is 0. The lowest BCUT2D eigenvalue weighted by Crippen LogP contribution is -2.19. The lowest BCUT2D eigenvalue weighted by molar-refractivity contribution is 0.0879. The van der Waals surface area contributed by atoms with E-state index in [-0.39, 0.29) is 16.7 Å². The SMILES string of the molecule is O=C(Cl)c1ccc2c(c1)C(=O)NC2=O. The van der Waals surface area contributed by atoms with E-state index < -0.39 is 17.1 Å². The van der Waals surface area contributed by atoms with Crippen LogP contribution in [0.25, 0.3) is 0 Å². The lowest BCUT2D eigenvalue weighted by Gasteiger charge is -1.96. The van der Waals surface area contributed by atoms with Crippen molar-refractivity contribution in [2.75, 3.05) is 0 Å². The fraction of sp³-hybridized carbons (Fsp3) is 0. The predicted molar refractivity (Wildman–Crippen MR) is 48.4 cm³/mol. The summed E-state index contributed by atoms with van der Waals surface area (Å²) in [7, 11) is 0. The van der Waals surface area contributed by atoms with E-state index in [0.29, 0.717) is 0 Å². The third kappa shape index (κ3) is 1.20. The molecule has 70 valence electrons. The maximum atomic E-state index is 11.2. The van der Waals surface area contributed by atoms with E-state index in [1.807, 2.05) is 0 Å². The molecule has 1 heterocycles. The van der Waals surface area contributed by atoms with Gasteiger partial charge in [0.15, 0.2) is 0 Å². The van der Waals surface area contributed by atoms with Crippen LogP contribution in [-0.4, -0.2) is 17.1 Å². The Kier molecular flexibility index (Phi) is 1.86. The van der Waals surface area contributed by atoms with Gasteiger partial charge in [0.05, 0.1) is 11.1 Å². The monoisotopic (exact) mass is 209 g/mol. The van der Waals surface area contributed by atoms with E-state index in [2.05, 4.69) is 5.32 Å². The van der Waals surface area contributed by atoms with Crippen molar-refractivity contribution in [3.63, 3.8) is 0 Å². The van der Waals surface area contributed by atoms with Gasteiger partial charge in [0.2, 0.25) is 0 Å². The Labute approximate surface area is 83.9 Å². The van der Waals surface area contributed by atoms with Crippen molar-refractivity contribution in [3.8, 4) is 0 Å². The van der Waals surface area contributed by atoms with Crippen molar-refractivity contribution in [1.82, 2.24) is 5.32 Å². The Balaban J connectivity index is 2.61. The molecule has 0 spiro atoms. The highest BCUT2D eigenvalue weighted by molar-refractivity contribution is 6.67. The molecule has 0 radical (unpaired) electrons. The van der Waals surface area contributed by atoms with Crippen molar-refractivity contribution in [1.29, 1.82) is 0 Å². The topological polar surface area (TPSA) is 63.2 Å². The summed E-state index contributed by atoms with van der Waals surface area (Å²) in [6.45, 7) is 0. The van der Waals surface area contributed by atoms with Crippen LogP contribution in [0.5, 0.6) is 0 Å². The van der Waals surface area contributed by atoms with E-state index in [4.69, 9.17) is 11.6 Å². The molecule has 1 aliphatic rings. The van der Waals surface area contributed by atoms with E-state index in [0.717, 1.165) is 0 Å². The molecule has 1 aromatic carbocycles. The maximum absolute atomic E-state index is 11.2. The van der Waals surface area contributed by atoms with Crippen molar-refractivity contribution < 1.29 is 14.4 Å². The Bertz CT molecular complexity index is 467. The predicted octanol–water partition coefficient (Wildman–Crippen LogP) is 0.949. The van der Waals surface area contributed by atoms with Crippen molar-refractivity contribution in [2.24, 2.45) is 0 Å². The number of rotatable bonds is 1. The third-order valence-electron chi connectivity index (χ3n) is 1.96. The summed E-state index contributed by atoms with van der Waals surface area (Å²) in [5.41, 5.74) is 0.674. The summed E-state index contributed by atoms with van der Waals surface area (Å²) in [6, 6.07) is 4.13. The molecule has 2 rings (SSSR count). The number of imide groups is 1. The molecule has 0 aliphatic carbocycles. The molecular weight excluding hydrogens is 206 g/mol. The Hall–Kier alpha value is -1.68. The molecule has 14 heavy (non-hydrogen) atoms. The Morgan fingerprint density at radius 1 is 1.14 bits per heavy atom. The van der Waals surface area contributed by atoms with Gasteiger partial charge in [0.1, 0.15) is 0 Å². The van der Waals surface area contributed by atoms with Crippen molar-refractivity contribution in [2.45, 2.75) is 0 Å². The first-order chi connectivity index (χ1) is 6.59. The molecule has 0 saturated carbocycles. The zero-order valence-electron chi connectivity index (χ0n) is 6.83. The minimum Gasteiger partial charge on any atom is -0.288 e. The fourth-order valence-electron chi connectivity index (χ4n) is 1.29. The quantitative estimate of drug-likeness (QED) is 0.553. The fourth-order valence-corrected chi connectivity index (χ4v) is 1.41. The van der Waals surface area contributed by atoms with Crippen LogP contribution in [-0.2, 0) is 0 Å². The van der Waals surface area contributed by atoms with Gasteiger partial charge in [-0.3, -0.25) is 19.7 Å². The van der Waals surface area contributed by atoms with Crippen LogP contribution in [0.2, 0.25) is 0 Å². The number of carbonyl (C=O) groups is 3. The molecule has 5 heteroatoms. The van der Waals surface area contributed by atoms with E-state index in [1.165, 1.54) is 18.2 Å². The molecule has 4 nitrogen and oxygen atoms in total. The molecule has 0 saturated heterocycles. The maximum Gasteiger partial charge on any atom is 0.258 e. The highest BCUT2D eigenvalue weighted by atomic mass is 35.5. The van der Waals surface area contributed by atoms with Crippen LogP contribution in [0, 0.1) is 0 Å². The Morgan fingerprint density at radius 3 is 2.43 bits per heavy atom. The first-order valence-electron chi connectivity index (χ1n) is 3.79. The number of carbonyl (C=O) groups excluding carboxylic acids is 3. The van der Waals surface area contributed by atoms with Crippen LogP contribution in [0.1, 0.15) is 31.1 Å². The zero-order chi connectivity index (χ0) is 10.3. The second-order valence-corrected chi connectivity index (χ2v) is 3.16. The van der Waals surface area contributed by atoms with Crippen molar-refractivity contribution >= 4 is 28.7 Å². The standard InChI is InChI=1S/C9H4ClNO3/c10-7(12)4-1-2-5-6(3-4)9(14)11-8(5)13/h1-3H,(H,11,13,14). The van der Waals surface area contributed by atoms with Crippen LogP contribution < -0.4 is 5.32 Å². The van der Waals surface area contributed by atoms with E-state index in [9.17, 15) is 14.4 Å².